The molecule has 0 aromatic carbocycles. The van der Waals surface area contributed by atoms with E-state index in [2.05, 4.69) is 38.7 Å². The van der Waals surface area contributed by atoms with Gasteiger partial charge in [-0.3, -0.25) is 4.90 Å². The van der Waals surface area contributed by atoms with Crippen LogP contribution in [0.25, 0.3) is 0 Å². The molecule has 0 N–H and O–H groups in total. The Morgan fingerprint density at radius 2 is 2.00 bits per heavy atom. The summed E-state index contributed by atoms with van der Waals surface area (Å²) in [6.45, 7) is 3.33. The van der Waals surface area contributed by atoms with E-state index in [-0.39, 0.29) is 5.75 Å². The maximum absolute atomic E-state index is 11.3. The van der Waals surface area contributed by atoms with Crippen molar-refractivity contribution in [3.63, 3.8) is 0 Å². The fourth-order valence-corrected chi connectivity index (χ4v) is 3.82. The van der Waals surface area contributed by atoms with E-state index < -0.39 is 9.84 Å². The first kappa shape index (κ1) is 16.9. The molecule has 7 nitrogen and oxygen atoms in total. The third-order valence-corrected chi connectivity index (χ3v) is 5.91. The van der Waals surface area contributed by atoms with E-state index in [1.165, 1.54) is 19.1 Å². The molecule has 1 atom stereocenters. The zero-order valence-corrected chi connectivity index (χ0v) is 15.1. The number of nitrogens with zero attached hydrogens (tertiary/aromatic N) is 5. The van der Waals surface area contributed by atoms with Crippen LogP contribution < -0.4 is 0 Å². The van der Waals surface area contributed by atoms with Crippen molar-refractivity contribution in [3.8, 4) is 0 Å². The van der Waals surface area contributed by atoms with Gasteiger partial charge in [0.05, 0.1) is 12.3 Å². The van der Waals surface area contributed by atoms with Crippen LogP contribution in [0.2, 0.25) is 0 Å². The van der Waals surface area contributed by atoms with Crippen molar-refractivity contribution in [2.24, 2.45) is 7.05 Å². The summed E-state index contributed by atoms with van der Waals surface area (Å²) < 4.78 is 24.7. The smallest absolute Gasteiger partial charge is 0.148 e. The Morgan fingerprint density at radius 3 is 2.65 bits per heavy atom. The van der Waals surface area contributed by atoms with Crippen molar-refractivity contribution in [2.75, 3.05) is 38.7 Å². The van der Waals surface area contributed by atoms with Crippen LogP contribution in [-0.2, 0) is 23.4 Å². The Balaban J connectivity index is 1.52. The molecule has 2 heterocycles. The molecule has 130 valence electrons. The minimum absolute atomic E-state index is 0.247. The van der Waals surface area contributed by atoms with Crippen LogP contribution in [0, 0.1) is 0 Å². The largest absolute Gasteiger partial charge is 0.317 e. The summed E-state index contributed by atoms with van der Waals surface area (Å²) in [5.74, 6) is 3.00. The maximum atomic E-state index is 11.3. The third kappa shape index (κ3) is 4.30. The van der Waals surface area contributed by atoms with Crippen molar-refractivity contribution in [3.05, 3.63) is 11.6 Å². The van der Waals surface area contributed by atoms with E-state index in [4.69, 9.17) is 0 Å². The van der Waals surface area contributed by atoms with Crippen LogP contribution >= 0.6 is 0 Å². The van der Waals surface area contributed by atoms with Crippen molar-refractivity contribution in [1.29, 1.82) is 0 Å². The molecule has 0 amide bonds. The number of hydrogen-bond acceptors (Lipinski definition) is 6. The van der Waals surface area contributed by atoms with Crippen molar-refractivity contribution in [2.45, 2.75) is 37.8 Å². The normalized spacial score (nSPS) is 23.0. The lowest BCUT2D eigenvalue weighted by molar-refractivity contribution is 0.221. The standard InChI is InChI=1S/C15H27N5O2S/c1-18(11-14-16-17-15(19(14)2)12-4-5-12)13-6-7-20(10-13)8-9-23(3,21)22/h12-13H,4-11H2,1-3H3/t13-/m0/s1. The highest BCUT2D eigenvalue weighted by atomic mass is 32.2. The molecule has 1 aliphatic heterocycles. The molecule has 3 rings (SSSR count). The average molecular weight is 341 g/mol. The lowest BCUT2D eigenvalue weighted by atomic mass is 10.2. The fraction of sp³-hybridized carbons (Fsp3) is 0.867. The Labute approximate surface area is 138 Å². The molecule has 0 spiro atoms. The molecule has 1 aliphatic carbocycles. The zero-order valence-electron chi connectivity index (χ0n) is 14.3. The molecule has 2 aliphatic rings. The second kappa shape index (κ2) is 6.49. The van der Waals surface area contributed by atoms with Gasteiger partial charge in [0, 0.05) is 38.4 Å². The number of hydrogen-bond donors (Lipinski definition) is 0. The van der Waals surface area contributed by atoms with Gasteiger partial charge in [-0.15, -0.1) is 10.2 Å². The van der Waals surface area contributed by atoms with Crippen LogP contribution in [-0.4, -0.2) is 77.7 Å². The van der Waals surface area contributed by atoms with E-state index in [1.54, 1.807) is 0 Å². The van der Waals surface area contributed by atoms with Gasteiger partial charge in [0.1, 0.15) is 21.5 Å². The van der Waals surface area contributed by atoms with Gasteiger partial charge in [0.15, 0.2) is 0 Å². The van der Waals surface area contributed by atoms with Crippen LogP contribution in [0.4, 0.5) is 0 Å². The molecular weight excluding hydrogens is 314 g/mol. The highest BCUT2D eigenvalue weighted by Crippen LogP contribution is 2.38. The number of rotatable bonds is 7. The molecule has 23 heavy (non-hydrogen) atoms. The van der Waals surface area contributed by atoms with Gasteiger partial charge in [-0.2, -0.15) is 0 Å². The van der Waals surface area contributed by atoms with Gasteiger partial charge >= 0.3 is 0 Å². The number of sulfone groups is 1. The highest BCUT2D eigenvalue weighted by molar-refractivity contribution is 7.90. The predicted octanol–water partition coefficient (Wildman–Crippen LogP) is 0.243. The fourth-order valence-electron chi connectivity index (χ4n) is 3.23. The van der Waals surface area contributed by atoms with Crippen molar-refractivity contribution in [1.82, 2.24) is 24.6 Å². The maximum Gasteiger partial charge on any atom is 0.148 e. The monoisotopic (exact) mass is 341 g/mol. The van der Waals surface area contributed by atoms with Crippen LogP contribution in [0.5, 0.6) is 0 Å². The second-order valence-electron chi connectivity index (χ2n) is 7.10. The Hall–Kier alpha value is -0.990. The summed E-state index contributed by atoms with van der Waals surface area (Å²) >= 11 is 0. The minimum Gasteiger partial charge on any atom is -0.317 e. The number of likely N-dealkylation sites (N-methyl/N-ethyl adjacent to an activating group) is 1. The molecule has 8 heteroatoms. The highest BCUT2D eigenvalue weighted by Gasteiger charge is 2.30. The molecular formula is C15H27N5O2S. The molecule has 1 aromatic heterocycles. The van der Waals surface area contributed by atoms with Gasteiger partial charge in [0.25, 0.3) is 0 Å². The first-order valence-corrected chi connectivity index (χ1v) is 10.4. The zero-order chi connectivity index (χ0) is 16.6. The van der Waals surface area contributed by atoms with E-state index in [1.807, 2.05) is 0 Å². The average Bonchev–Trinajstić information content (AvgIpc) is 3.08. The van der Waals surface area contributed by atoms with Crippen molar-refractivity contribution < 1.29 is 8.42 Å². The summed E-state index contributed by atoms with van der Waals surface area (Å²) in [5, 5.41) is 8.69. The van der Waals surface area contributed by atoms with Gasteiger partial charge in [-0.1, -0.05) is 0 Å². The Bertz CT molecular complexity index is 653. The summed E-state index contributed by atoms with van der Waals surface area (Å²) in [7, 11) is 1.30. The summed E-state index contributed by atoms with van der Waals surface area (Å²) in [4.78, 5) is 4.57. The Kier molecular flexibility index (Phi) is 4.75. The summed E-state index contributed by atoms with van der Waals surface area (Å²) in [6, 6.07) is 0.454. The summed E-state index contributed by atoms with van der Waals surface area (Å²) in [6.07, 6.45) is 4.85. The quantitative estimate of drug-likeness (QED) is 0.708. The van der Waals surface area contributed by atoms with E-state index >= 15 is 0 Å². The van der Waals surface area contributed by atoms with Crippen molar-refractivity contribution >= 4 is 9.84 Å². The number of likely N-dealkylation sites (tertiary alicyclic amines) is 1. The van der Waals surface area contributed by atoms with E-state index in [0.29, 0.717) is 18.5 Å². The van der Waals surface area contributed by atoms with Crippen LogP contribution in [0.3, 0.4) is 0 Å². The first-order valence-electron chi connectivity index (χ1n) is 8.32. The lowest BCUT2D eigenvalue weighted by Crippen LogP contribution is -2.36. The van der Waals surface area contributed by atoms with Crippen LogP contribution in [0.1, 0.15) is 36.8 Å². The number of aromatic nitrogens is 3. The van der Waals surface area contributed by atoms with Gasteiger partial charge in [-0.05, 0) is 32.9 Å². The van der Waals surface area contributed by atoms with Crippen LogP contribution in [0.15, 0.2) is 0 Å². The minimum atomic E-state index is -2.88. The van der Waals surface area contributed by atoms with E-state index in [0.717, 1.165) is 37.7 Å². The molecule has 2 fully saturated rings. The molecule has 0 bridgehead atoms. The van der Waals surface area contributed by atoms with E-state index in [9.17, 15) is 8.42 Å². The predicted molar refractivity (Wildman–Crippen MR) is 89.0 cm³/mol. The SMILES string of the molecule is CN(Cc1nnc(C2CC2)n1C)[C@H]1CCN(CCS(C)(=O)=O)C1. The third-order valence-electron chi connectivity index (χ3n) is 4.98. The van der Waals surface area contributed by atoms with Gasteiger partial charge in [0.2, 0.25) is 0 Å². The topological polar surface area (TPSA) is 71.3 Å². The molecule has 1 saturated carbocycles. The van der Waals surface area contributed by atoms with Gasteiger partial charge in [-0.25, -0.2) is 8.42 Å². The summed E-state index contributed by atoms with van der Waals surface area (Å²) in [5.41, 5.74) is 0. The second-order valence-corrected chi connectivity index (χ2v) is 9.36. The lowest BCUT2D eigenvalue weighted by Gasteiger charge is -2.24. The molecule has 0 unspecified atom stereocenters. The van der Waals surface area contributed by atoms with Gasteiger partial charge < -0.3 is 9.47 Å². The Morgan fingerprint density at radius 1 is 1.26 bits per heavy atom. The molecule has 1 saturated heterocycles. The molecule has 0 radical (unpaired) electrons. The molecule has 1 aromatic rings. The first-order chi connectivity index (χ1) is 10.8.